The fourth-order valence-corrected chi connectivity index (χ4v) is 2.32. The van der Waals surface area contributed by atoms with E-state index in [1.807, 2.05) is 24.3 Å². The molecule has 1 aromatic rings. The van der Waals surface area contributed by atoms with Crippen LogP contribution in [0.2, 0.25) is 0 Å². The fourth-order valence-electron chi connectivity index (χ4n) is 2.32. The van der Waals surface area contributed by atoms with E-state index >= 15 is 0 Å². The highest BCUT2D eigenvalue weighted by Crippen LogP contribution is 2.17. The van der Waals surface area contributed by atoms with Gasteiger partial charge >= 0.3 is 11.9 Å². The Morgan fingerprint density at radius 2 is 1.48 bits per heavy atom. The number of hydrogen-bond acceptors (Lipinski definition) is 6. The summed E-state index contributed by atoms with van der Waals surface area (Å²) in [7, 11) is 0. The minimum atomic E-state index is -0.716. The lowest BCUT2D eigenvalue weighted by atomic mass is 10.2. The summed E-state index contributed by atoms with van der Waals surface area (Å²) in [5.74, 6) is -0.644. The van der Waals surface area contributed by atoms with Gasteiger partial charge in [0.05, 0.1) is 19.8 Å². The summed E-state index contributed by atoms with van der Waals surface area (Å²) in [6.07, 6.45) is 7.29. The minimum absolute atomic E-state index is 0.175. The molecule has 1 aromatic carbocycles. The van der Waals surface area contributed by atoms with Gasteiger partial charge in [-0.25, -0.2) is 9.59 Å². The van der Waals surface area contributed by atoms with Crippen LogP contribution in [0.3, 0.4) is 0 Å². The Hall–Kier alpha value is -2.50. The van der Waals surface area contributed by atoms with Crippen LogP contribution < -0.4 is 10.1 Å². The highest BCUT2D eigenvalue weighted by atomic mass is 16.6. The van der Waals surface area contributed by atoms with Crippen LogP contribution in [0.25, 0.3) is 0 Å². The van der Waals surface area contributed by atoms with Gasteiger partial charge in [-0.1, -0.05) is 32.6 Å². The summed E-state index contributed by atoms with van der Waals surface area (Å²) in [5, 5.41) is 2.92. The molecule has 1 N–H and O–H groups in total. The van der Waals surface area contributed by atoms with Gasteiger partial charge in [-0.3, -0.25) is 0 Å². The fraction of sp³-hybridized carbons (Fsp3) is 0.524. The summed E-state index contributed by atoms with van der Waals surface area (Å²) in [5.41, 5.74) is 0.544. The van der Waals surface area contributed by atoms with Gasteiger partial charge in [-0.05, 0) is 44.5 Å². The summed E-state index contributed by atoms with van der Waals surface area (Å²) in [6, 6.07) is 7.32. The van der Waals surface area contributed by atoms with Gasteiger partial charge < -0.3 is 19.5 Å². The number of carbonyl (C=O) groups is 2. The van der Waals surface area contributed by atoms with Crippen LogP contribution in [0.1, 0.15) is 52.9 Å². The number of unbranched alkanes of at least 4 members (excludes halogenated alkanes) is 4. The van der Waals surface area contributed by atoms with Crippen LogP contribution in [-0.2, 0) is 19.1 Å². The van der Waals surface area contributed by atoms with E-state index in [1.54, 1.807) is 13.8 Å². The van der Waals surface area contributed by atoms with Crippen molar-refractivity contribution < 1.29 is 23.8 Å². The van der Waals surface area contributed by atoms with Crippen molar-refractivity contribution in [1.82, 2.24) is 0 Å². The molecule has 6 heteroatoms. The van der Waals surface area contributed by atoms with Crippen LogP contribution >= 0.6 is 0 Å². The minimum Gasteiger partial charge on any atom is -0.494 e. The summed E-state index contributed by atoms with van der Waals surface area (Å²) in [6.45, 7) is 6.61. The summed E-state index contributed by atoms with van der Waals surface area (Å²) < 4.78 is 15.5. The van der Waals surface area contributed by atoms with Crippen LogP contribution in [-0.4, -0.2) is 31.8 Å². The Labute approximate surface area is 161 Å². The van der Waals surface area contributed by atoms with Crippen molar-refractivity contribution in [1.29, 1.82) is 0 Å². The van der Waals surface area contributed by atoms with Gasteiger partial charge in [0, 0.05) is 11.9 Å². The summed E-state index contributed by atoms with van der Waals surface area (Å²) >= 11 is 0. The molecule has 0 saturated carbocycles. The quantitative estimate of drug-likeness (QED) is 0.180. The van der Waals surface area contributed by atoms with E-state index in [9.17, 15) is 9.59 Å². The molecule has 0 saturated heterocycles. The lowest BCUT2D eigenvalue weighted by Crippen LogP contribution is -2.19. The lowest BCUT2D eigenvalue weighted by Gasteiger charge is -2.09. The molecule has 0 fully saturated rings. The Morgan fingerprint density at radius 3 is 2.04 bits per heavy atom. The Balaban J connectivity index is 2.57. The Bertz CT molecular complexity index is 575. The molecule has 0 heterocycles. The van der Waals surface area contributed by atoms with E-state index < -0.39 is 11.9 Å². The molecule has 6 nitrogen and oxygen atoms in total. The molecule has 0 aromatic heterocycles. The number of esters is 2. The molecule has 150 valence electrons. The van der Waals surface area contributed by atoms with Gasteiger partial charge in [0.25, 0.3) is 0 Å². The summed E-state index contributed by atoms with van der Waals surface area (Å²) in [4.78, 5) is 23.8. The molecule has 0 radical (unpaired) electrons. The van der Waals surface area contributed by atoms with E-state index in [2.05, 4.69) is 12.2 Å². The third-order valence-electron chi connectivity index (χ3n) is 3.74. The van der Waals surface area contributed by atoms with Crippen LogP contribution in [0.15, 0.2) is 36.0 Å². The third kappa shape index (κ3) is 9.13. The zero-order valence-electron chi connectivity index (χ0n) is 16.6. The molecule has 0 aliphatic heterocycles. The van der Waals surface area contributed by atoms with Crippen LogP contribution in [0.5, 0.6) is 5.75 Å². The number of ether oxygens (including phenoxy) is 3. The molecule has 0 amide bonds. The number of nitrogens with one attached hydrogen (secondary N) is 1. The number of hydrogen-bond donors (Lipinski definition) is 1. The van der Waals surface area contributed by atoms with Crippen molar-refractivity contribution >= 4 is 17.6 Å². The SMILES string of the molecule is CCCCCCCOc1ccc(NC=C(C(=O)OCC)C(=O)OCC)cc1. The normalized spacial score (nSPS) is 10.0. The third-order valence-corrected chi connectivity index (χ3v) is 3.74. The molecule has 0 unspecified atom stereocenters. The average Bonchev–Trinajstić information content (AvgIpc) is 2.66. The predicted molar refractivity (Wildman–Crippen MR) is 106 cm³/mol. The second-order valence-electron chi connectivity index (χ2n) is 5.93. The van der Waals surface area contributed by atoms with Crippen molar-refractivity contribution in [2.45, 2.75) is 52.9 Å². The zero-order chi connectivity index (χ0) is 19.9. The first-order valence-electron chi connectivity index (χ1n) is 9.66. The molecular weight excluding hydrogens is 346 g/mol. The largest absolute Gasteiger partial charge is 0.494 e. The molecule has 27 heavy (non-hydrogen) atoms. The lowest BCUT2D eigenvalue weighted by molar-refractivity contribution is -0.146. The van der Waals surface area contributed by atoms with E-state index in [1.165, 1.54) is 31.9 Å². The molecule has 0 atom stereocenters. The average molecular weight is 377 g/mol. The maximum Gasteiger partial charge on any atom is 0.347 e. The molecule has 1 rings (SSSR count). The van der Waals surface area contributed by atoms with Gasteiger partial charge in [0.15, 0.2) is 5.57 Å². The maximum absolute atomic E-state index is 11.9. The number of benzene rings is 1. The zero-order valence-corrected chi connectivity index (χ0v) is 16.6. The number of rotatable bonds is 13. The second kappa shape index (κ2) is 13.7. The predicted octanol–water partition coefficient (Wildman–Crippen LogP) is 4.46. The smallest absolute Gasteiger partial charge is 0.347 e. The van der Waals surface area contributed by atoms with Gasteiger partial charge in [-0.15, -0.1) is 0 Å². The van der Waals surface area contributed by atoms with Crippen molar-refractivity contribution in [2.75, 3.05) is 25.1 Å². The number of anilines is 1. The Morgan fingerprint density at radius 1 is 0.889 bits per heavy atom. The van der Waals surface area contributed by atoms with Crippen LogP contribution in [0.4, 0.5) is 5.69 Å². The van der Waals surface area contributed by atoms with Gasteiger partial charge in [0.2, 0.25) is 0 Å². The second-order valence-corrected chi connectivity index (χ2v) is 5.93. The monoisotopic (exact) mass is 377 g/mol. The molecular formula is C21H31NO5. The first-order valence-corrected chi connectivity index (χ1v) is 9.66. The molecule has 0 bridgehead atoms. The van der Waals surface area contributed by atoms with Crippen molar-refractivity contribution in [3.05, 3.63) is 36.0 Å². The molecule has 0 aliphatic carbocycles. The van der Waals surface area contributed by atoms with E-state index in [0.717, 1.165) is 17.9 Å². The molecule has 0 spiro atoms. The van der Waals surface area contributed by atoms with E-state index in [0.29, 0.717) is 6.61 Å². The van der Waals surface area contributed by atoms with E-state index in [-0.39, 0.29) is 18.8 Å². The molecule has 0 aliphatic rings. The first-order chi connectivity index (χ1) is 13.1. The topological polar surface area (TPSA) is 73.9 Å². The van der Waals surface area contributed by atoms with Gasteiger partial charge in [-0.2, -0.15) is 0 Å². The van der Waals surface area contributed by atoms with Crippen LogP contribution in [0, 0.1) is 0 Å². The highest BCUT2D eigenvalue weighted by molar-refractivity contribution is 6.14. The highest BCUT2D eigenvalue weighted by Gasteiger charge is 2.20. The van der Waals surface area contributed by atoms with Crippen molar-refractivity contribution in [2.24, 2.45) is 0 Å². The van der Waals surface area contributed by atoms with Crippen molar-refractivity contribution in [3.63, 3.8) is 0 Å². The maximum atomic E-state index is 11.9. The standard InChI is InChI=1S/C21H31NO5/c1-4-7-8-9-10-15-27-18-13-11-17(12-14-18)22-16-19(20(23)25-5-2)21(24)26-6-3/h11-14,16,22H,4-10,15H2,1-3H3. The Kier molecular flexibility index (Phi) is 11.4. The van der Waals surface area contributed by atoms with Gasteiger partial charge in [0.1, 0.15) is 5.75 Å². The van der Waals surface area contributed by atoms with E-state index in [4.69, 9.17) is 14.2 Å². The first kappa shape index (κ1) is 22.5. The number of carbonyl (C=O) groups excluding carboxylic acids is 2. The van der Waals surface area contributed by atoms with Crippen molar-refractivity contribution in [3.8, 4) is 5.75 Å².